The van der Waals surface area contributed by atoms with E-state index in [0.717, 1.165) is 6.07 Å². The zero-order chi connectivity index (χ0) is 20.3. The number of H-pyrrole nitrogens is 1. The summed E-state index contributed by atoms with van der Waals surface area (Å²) in [5.41, 5.74) is 1.15. The molecule has 0 bridgehead atoms. The summed E-state index contributed by atoms with van der Waals surface area (Å²) in [4.78, 5) is 50.8. The van der Waals surface area contributed by atoms with Gasteiger partial charge >= 0.3 is 5.97 Å². The molecule has 1 heterocycles. The number of aromatic nitrogens is 1. The fourth-order valence-electron chi connectivity index (χ4n) is 2.62. The molecule has 7 heteroatoms. The topological polar surface area (TPSA) is 105 Å². The molecule has 142 valence electrons. The van der Waals surface area contributed by atoms with Crippen molar-refractivity contribution in [2.24, 2.45) is 0 Å². The molecule has 0 aliphatic carbocycles. The van der Waals surface area contributed by atoms with Crippen LogP contribution in [0.4, 0.5) is 5.69 Å². The van der Waals surface area contributed by atoms with Crippen LogP contribution >= 0.6 is 0 Å². The number of para-hydroxylation sites is 1. The van der Waals surface area contributed by atoms with Crippen molar-refractivity contribution in [3.63, 3.8) is 0 Å². The molecule has 0 radical (unpaired) electrons. The maximum absolute atomic E-state index is 12.3. The maximum atomic E-state index is 12.3. The van der Waals surface area contributed by atoms with E-state index in [1.54, 1.807) is 48.5 Å². The van der Waals surface area contributed by atoms with Gasteiger partial charge in [0.1, 0.15) is 5.69 Å². The number of carbonyl (C=O) groups excluding carboxylic acids is 3. The lowest BCUT2D eigenvalue weighted by molar-refractivity contribution is -0.123. The van der Waals surface area contributed by atoms with Crippen molar-refractivity contribution in [1.82, 2.24) is 4.98 Å². The Morgan fingerprint density at radius 2 is 1.71 bits per heavy atom. The van der Waals surface area contributed by atoms with Gasteiger partial charge in [0.15, 0.2) is 17.3 Å². The van der Waals surface area contributed by atoms with Gasteiger partial charge in [-0.25, -0.2) is 4.79 Å². The number of hydrogen-bond donors (Lipinski definition) is 2. The Morgan fingerprint density at radius 1 is 1.04 bits per heavy atom. The maximum Gasteiger partial charge on any atom is 0.355 e. The van der Waals surface area contributed by atoms with Gasteiger partial charge in [0.05, 0.1) is 0 Å². The summed E-state index contributed by atoms with van der Waals surface area (Å²) < 4.78 is 5.16. The van der Waals surface area contributed by atoms with Gasteiger partial charge in [-0.2, -0.15) is 0 Å². The summed E-state index contributed by atoms with van der Waals surface area (Å²) in [5.74, 6) is -1.42. The zero-order valence-electron chi connectivity index (χ0n) is 15.3. The van der Waals surface area contributed by atoms with Crippen LogP contribution in [0.25, 0.3) is 10.9 Å². The third kappa shape index (κ3) is 4.15. The van der Waals surface area contributed by atoms with Gasteiger partial charge in [-0.15, -0.1) is 0 Å². The van der Waals surface area contributed by atoms with Crippen molar-refractivity contribution in [1.29, 1.82) is 0 Å². The van der Waals surface area contributed by atoms with Crippen LogP contribution < -0.4 is 10.7 Å². The number of fused-ring (bicyclic) bond motifs is 1. The standard InChI is InChI=1S/C21H18N2O5/c1-12(24)14-7-9-15(10-8-14)22-20(26)13(2)28-21(27)18-11-19(25)16-5-3-4-6-17(16)23-18/h3-11,13H,1-2H3,(H,22,26)(H,23,25)/t13-/m1/s1. The average Bonchev–Trinajstić information content (AvgIpc) is 2.68. The quantitative estimate of drug-likeness (QED) is 0.525. The van der Waals surface area contributed by atoms with Crippen molar-refractivity contribution >= 4 is 34.3 Å². The van der Waals surface area contributed by atoms with Gasteiger partial charge in [-0.05, 0) is 50.2 Å². The Bertz CT molecular complexity index is 1120. The second-order valence-electron chi connectivity index (χ2n) is 6.26. The SMILES string of the molecule is CC(=O)c1ccc(NC(=O)[C@@H](C)OC(=O)c2cc(=O)c3ccccc3[nH]2)cc1. The van der Waals surface area contributed by atoms with Crippen molar-refractivity contribution in [2.75, 3.05) is 5.32 Å². The summed E-state index contributed by atoms with van der Waals surface area (Å²) in [6, 6.07) is 14.3. The molecule has 0 saturated heterocycles. The Hall–Kier alpha value is -3.74. The van der Waals surface area contributed by atoms with Crippen LogP contribution in [0, 0.1) is 0 Å². The molecule has 2 N–H and O–H groups in total. The highest BCUT2D eigenvalue weighted by Crippen LogP contribution is 2.12. The third-order valence-corrected chi connectivity index (χ3v) is 4.17. The molecule has 28 heavy (non-hydrogen) atoms. The molecule has 1 amide bonds. The van der Waals surface area contributed by atoms with Crippen LogP contribution in [-0.2, 0) is 9.53 Å². The number of ketones is 1. The van der Waals surface area contributed by atoms with Crippen LogP contribution in [0.2, 0.25) is 0 Å². The molecule has 0 unspecified atom stereocenters. The van der Waals surface area contributed by atoms with Crippen molar-refractivity contribution in [3.05, 3.63) is 76.1 Å². The number of benzene rings is 2. The van der Waals surface area contributed by atoms with E-state index in [-0.39, 0.29) is 16.9 Å². The normalized spacial score (nSPS) is 11.6. The van der Waals surface area contributed by atoms with E-state index >= 15 is 0 Å². The summed E-state index contributed by atoms with van der Waals surface area (Å²) in [7, 11) is 0. The molecule has 0 spiro atoms. The highest BCUT2D eigenvalue weighted by molar-refractivity contribution is 5.98. The van der Waals surface area contributed by atoms with Crippen LogP contribution in [0.3, 0.4) is 0 Å². The van der Waals surface area contributed by atoms with Crippen molar-refractivity contribution in [2.45, 2.75) is 20.0 Å². The number of anilines is 1. The largest absolute Gasteiger partial charge is 0.448 e. The van der Waals surface area contributed by atoms with Crippen molar-refractivity contribution < 1.29 is 19.1 Å². The Morgan fingerprint density at radius 3 is 2.39 bits per heavy atom. The second kappa shape index (κ2) is 7.87. The molecular formula is C21H18N2O5. The van der Waals surface area contributed by atoms with Crippen LogP contribution in [-0.4, -0.2) is 28.7 Å². The first-order chi connectivity index (χ1) is 13.3. The van der Waals surface area contributed by atoms with E-state index in [9.17, 15) is 19.2 Å². The lowest BCUT2D eigenvalue weighted by Crippen LogP contribution is -2.30. The lowest BCUT2D eigenvalue weighted by atomic mass is 10.1. The highest BCUT2D eigenvalue weighted by atomic mass is 16.5. The monoisotopic (exact) mass is 378 g/mol. The second-order valence-corrected chi connectivity index (χ2v) is 6.26. The number of rotatable bonds is 5. The highest BCUT2D eigenvalue weighted by Gasteiger charge is 2.20. The van der Waals surface area contributed by atoms with Crippen LogP contribution in [0.5, 0.6) is 0 Å². The smallest absolute Gasteiger partial charge is 0.355 e. The van der Waals surface area contributed by atoms with Crippen molar-refractivity contribution in [3.8, 4) is 0 Å². The Kier molecular flexibility index (Phi) is 5.35. The number of pyridine rings is 1. The van der Waals surface area contributed by atoms with Crippen LogP contribution in [0.1, 0.15) is 34.7 Å². The lowest BCUT2D eigenvalue weighted by Gasteiger charge is -2.14. The minimum absolute atomic E-state index is 0.0332. The Labute approximate surface area is 160 Å². The minimum Gasteiger partial charge on any atom is -0.448 e. The fourth-order valence-corrected chi connectivity index (χ4v) is 2.62. The molecular weight excluding hydrogens is 360 g/mol. The molecule has 0 saturated carbocycles. The minimum atomic E-state index is -1.09. The molecule has 3 rings (SSSR count). The van der Waals surface area contributed by atoms with Gasteiger partial charge in [-0.3, -0.25) is 14.4 Å². The van der Waals surface area contributed by atoms with Gasteiger partial charge in [0, 0.05) is 28.2 Å². The summed E-state index contributed by atoms with van der Waals surface area (Å²) in [5, 5.41) is 3.06. The number of nitrogens with one attached hydrogen (secondary N) is 2. The molecule has 7 nitrogen and oxygen atoms in total. The number of aromatic amines is 1. The average molecular weight is 378 g/mol. The molecule has 0 aliphatic rings. The number of Topliss-reactive ketones (excluding diaryl/α,β-unsaturated/α-hetero) is 1. The number of hydrogen-bond acceptors (Lipinski definition) is 5. The first kappa shape index (κ1) is 19.0. The summed E-state index contributed by atoms with van der Waals surface area (Å²) in [6.07, 6.45) is -1.09. The molecule has 1 aromatic heterocycles. The number of carbonyl (C=O) groups is 3. The number of ether oxygens (including phenoxy) is 1. The number of amides is 1. The first-order valence-electron chi connectivity index (χ1n) is 8.60. The predicted octanol–water partition coefficient (Wildman–Crippen LogP) is 2.91. The number of esters is 1. The molecule has 2 aromatic carbocycles. The van der Waals surface area contributed by atoms with E-state index in [2.05, 4.69) is 10.3 Å². The van der Waals surface area contributed by atoms with Gasteiger partial charge in [-0.1, -0.05) is 12.1 Å². The third-order valence-electron chi connectivity index (χ3n) is 4.17. The van der Waals surface area contributed by atoms with E-state index < -0.39 is 18.0 Å². The Balaban J connectivity index is 1.69. The first-order valence-corrected chi connectivity index (χ1v) is 8.60. The predicted molar refractivity (Wildman–Crippen MR) is 105 cm³/mol. The molecule has 0 fully saturated rings. The van der Waals surface area contributed by atoms with E-state index in [0.29, 0.717) is 22.2 Å². The van der Waals surface area contributed by atoms with E-state index in [4.69, 9.17) is 4.74 Å². The fraction of sp³-hybridized carbons (Fsp3) is 0.143. The molecule has 0 aliphatic heterocycles. The van der Waals surface area contributed by atoms with E-state index in [1.165, 1.54) is 13.8 Å². The molecule has 1 atom stereocenters. The van der Waals surface area contributed by atoms with Gasteiger partial charge in [0.25, 0.3) is 5.91 Å². The van der Waals surface area contributed by atoms with Gasteiger partial charge in [0.2, 0.25) is 0 Å². The summed E-state index contributed by atoms with van der Waals surface area (Å²) in [6.45, 7) is 2.88. The van der Waals surface area contributed by atoms with E-state index in [1.807, 2.05) is 0 Å². The molecule has 3 aromatic rings. The zero-order valence-corrected chi connectivity index (χ0v) is 15.3. The summed E-state index contributed by atoms with van der Waals surface area (Å²) >= 11 is 0. The van der Waals surface area contributed by atoms with Crippen LogP contribution in [0.15, 0.2) is 59.4 Å². The van der Waals surface area contributed by atoms with Gasteiger partial charge < -0.3 is 15.0 Å².